The predicted molar refractivity (Wildman–Crippen MR) is 75.8 cm³/mol. The lowest BCUT2D eigenvalue weighted by Gasteiger charge is -2.08. The third-order valence-corrected chi connectivity index (χ3v) is 3.43. The Labute approximate surface area is 122 Å². The van der Waals surface area contributed by atoms with Crippen molar-refractivity contribution >= 4 is 5.91 Å². The number of nitrogens with one attached hydrogen (secondary N) is 1. The van der Waals surface area contributed by atoms with E-state index in [1.165, 1.54) is 0 Å². The fourth-order valence-electron chi connectivity index (χ4n) is 2.22. The molecule has 1 atom stereocenters. The van der Waals surface area contributed by atoms with Crippen LogP contribution in [0.15, 0.2) is 28.7 Å². The summed E-state index contributed by atoms with van der Waals surface area (Å²) in [5.74, 6) is -0.0443. The highest BCUT2D eigenvalue weighted by atomic mass is 16.5. The Bertz CT molecular complexity index is 615. The number of hydrogen-bond donors (Lipinski definition) is 1. The Morgan fingerprint density at radius 2 is 2.14 bits per heavy atom. The molecule has 0 saturated carbocycles. The van der Waals surface area contributed by atoms with E-state index in [0.29, 0.717) is 12.4 Å². The molecule has 1 fully saturated rings. The van der Waals surface area contributed by atoms with Gasteiger partial charge in [-0.2, -0.15) is 0 Å². The van der Waals surface area contributed by atoms with Crippen LogP contribution < -0.4 is 5.32 Å². The number of amides is 1. The topological polar surface area (TPSA) is 77.2 Å². The molecule has 1 unspecified atom stereocenters. The van der Waals surface area contributed by atoms with Gasteiger partial charge in [-0.1, -0.05) is 17.7 Å². The van der Waals surface area contributed by atoms with E-state index in [-0.39, 0.29) is 17.9 Å². The quantitative estimate of drug-likeness (QED) is 0.930. The van der Waals surface area contributed by atoms with Gasteiger partial charge in [0, 0.05) is 18.7 Å². The van der Waals surface area contributed by atoms with Gasteiger partial charge in [-0.05, 0) is 31.9 Å². The number of hydrogen-bond acceptors (Lipinski definition) is 5. The maximum Gasteiger partial charge on any atom is 0.308 e. The second-order valence-corrected chi connectivity index (χ2v) is 5.12. The number of nitrogens with zero attached hydrogens (tertiary/aromatic N) is 2. The fraction of sp³-hybridized carbons (Fsp3) is 0.400. The molecule has 1 aliphatic rings. The summed E-state index contributed by atoms with van der Waals surface area (Å²) in [5, 5.41) is 10.5. The number of aryl methyl sites for hydroxylation is 1. The molecule has 110 valence electrons. The molecule has 0 aliphatic carbocycles. The molecule has 1 aromatic heterocycles. The smallest absolute Gasteiger partial charge is 0.308 e. The van der Waals surface area contributed by atoms with Crippen molar-refractivity contribution in [1.29, 1.82) is 0 Å². The summed E-state index contributed by atoms with van der Waals surface area (Å²) in [7, 11) is 0. The first-order valence-corrected chi connectivity index (χ1v) is 7.03. The lowest BCUT2D eigenvalue weighted by Crippen LogP contribution is -2.31. The van der Waals surface area contributed by atoms with Crippen molar-refractivity contribution in [3.8, 4) is 11.5 Å². The first kappa shape index (κ1) is 13.8. The summed E-state index contributed by atoms with van der Waals surface area (Å²) in [5.41, 5.74) is 1.94. The Morgan fingerprint density at radius 3 is 2.86 bits per heavy atom. The second-order valence-electron chi connectivity index (χ2n) is 5.12. The molecule has 2 heterocycles. The molecule has 21 heavy (non-hydrogen) atoms. The van der Waals surface area contributed by atoms with Crippen LogP contribution in [-0.4, -0.2) is 35.4 Å². The van der Waals surface area contributed by atoms with E-state index < -0.39 is 0 Å². The van der Waals surface area contributed by atoms with E-state index in [2.05, 4.69) is 15.5 Å². The third kappa shape index (κ3) is 3.28. The zero-order valence-corrected chi connectivity index (χ0v) is 11.8. The van der Waals surface area contributed by atoms with E-state index in [1.54, 1.807) is 0 Å². The van der Waals surface area contributed by atoms with Crippen LogP contribution in [-0.2, 0) is 4.74 Å². The molecule has 2 aromatic rings. The highest BCUT2D eigenvalue weighted by molar-refractivity contribution is 5.89. The molecule has 6 heteroatoms. The minimum Gasteiger partial charge on any atom is -0.412 e. The van der Waals surface area contributed by atoms with E-state index in [9.17, 15) is 4.79 Å². The van der Waals surface area contributed by atoms with Crippen molar-refractivity contribution in [3.05, 3.63) is 35.7 Å². The van der Waals surface area contributed by atoms with Crippen molar-refractivity contribution in [2.45, 2.75) is 25.9 Å². The van der Waals surface area contributed by atoms with E-state index in [0.717, 1.165) is 30.6 Å². The highest BCUT2D eigenvalue weighted by Crippen LogP contribution is 2.18. The summed E-state index contributed by atoms with van der Waals surface area (Å²) in [6, 6.07) is 7.68. The van der Waals surface area contributed by atoms with Crippen molar-refractivity contribution in [2.24, 2.45) is 0 Å². The van der Waals surface area contributed by atoms with Gasteiger partial charge in [0.1, 0.15) is 0 Å². The van der Waals surface area contributed by atoms with Crippen molar-refractivity contribution in [3.63, 3.8) is 0 Å². The predicted octanol–water partition coefficient (Wildman–Crippen LogP) is 1.95. The molecule has 6 nitrogen and oxygen atoms in total. The zero-order valence-electron chi connectivity index (χ0n) is 11.8. The molecular weight excluding hydrogens is 270 g/mol. The molecule has 1 saturated heterocycles. The van der Waals surface area contributed by atoms with Gasteiger partial charge in [-0.25, -0.2) is 0 Å². The average molecular weight is 287 g/mol. The summed E-state index contributed by atoms with van der Waals surface area (Å²) in [4.78, 5) is 11.9. The molecular formula is C15H17N3O3. The number of aromatic nitrogens is 2. The standard InChI is InChI=1S/C15H17N3O3/c1-10-4-6-11(7-5-10)14-17-18-15(21-14)13(19)16-9-12-3-2-8-20-12/h4-7,12H,2-3,8-9H2,1H3,(H,16,19). The largest absolute Gasteiger partial charge is 0.412 e. The highest BCUT2D eigenvalue weighted by Gasteiger charge is 2.19. The summed E-state index contributed by atoms with van der Waals surface area (Å²) in [6.07, 6.45) is 2.10. The Kier molecular flexibility index (Phi) is 3.96. The van der Waals surface area contributed by atoms with Gasteiger partial charge in [0.25, 0.3) is 0 Å². The first-order valence-electron chi connectivity index (χ1n) is 7.03. The van der Waals surface area contributed by atoms with Crippen LogP contribution in [0.1, 0.15) is 29.1 Å². The Morgan fingerprint density at radius 1 is 1.33 bits per heavy atom. The van der Waals surface area contributed by atoms with Gasteiger partial charge in [0.05, 0.1) is 6.10 Å². The van der Waals surface area contributed by atoms with Crippen LogP contribution in [0.3, 0.4) is 0 Å². The maximum atomic E-state index is 11.9. The van der Waals surface area contributed by atoms with Crippen LogP contribution in [0, 0.1) is 6.92 Å². The van der Waals surface area contributed by atoms with E-state index in [1.807, 2.05) is 31.2 Å². The third-order valence-electron chi connectivity index (χ3n) is 3.43. The molecule has 1 aromatic carbocycles. The maximum absolute atomic E-state index is 11.9. The first-order chi connectivity index (χ1) is 10.2. The van der Waals surface area contributed by atoms with Crippen LogP contribution in [0.5, 0.6) is 0 Å². The Balaban J connectivity index is 1.63. The van der Waals surface area contributed by atoms with Crippen molar-refractivity contribution in [2.75, 3.05) is 13.2 Å². The van der Waals surface area contributed by atoms with Gasteiger partial charge in [0.15, 0.2) is 0 Å². The van der Waals surface area contributed by atoms with Crippen molar-refractivity contribution in [1.82, 2.24) is 15.5 Å². The minimum absolute atomic E-state index is 0.0245. The normalized spacial score (nSPS) is 17.9. The summed E-state index contributed by atoms with van der Waals surface area (Å²) in [6.45, 7) is 3.24. The molecule has 0 spiro atoms. The fourth-order valence-corrected chi connectivity index (χ4v) is 2.22. The molecule has 3 rings (SSSR count). The van der Waals surface area contributed by atoms with Gasteiger partial charge in [0.2, 0.25) is 5.89 Å². The van der Waals surface area contributed by atoms with Gasteiger partial charge < -0.3 is 14.5 Å². The molecule has 0 radical (unpaired) electrons. The lowest BCUT2D eigenvalue weighted by atomic mass is 10.1. The van der Waals surface area contributed by atoms with Crippen LogP contribution in [0.25, 0.3) is 11.5 Å². The SMILES string of the molecule is Cc1ccc(-c2nnc(C(=O)NCC3CCCO3)o2)cc1. The van der Waals surface area contributed by atoms with Gasteiger partial charge >= 0.3 is 11.8 Å². The van der Waals surface area contributed by atoms with E-state index >= 15 is 0 Å². The van der Waals surface area contributed by atoms with Crippen LogP contribution in [0.2, 0.25) is 0 Å². The molecule has 0 bridgehead atoms. The van der Waals surface area contributed by atoms with Crippen LogP contribution in [0.4, 0.5) is 0 Å². The minimum atomic E-state index is -0.364. The summed E-state index contributed by atoms with van der Waals surface area (Å²) < 4.78 is 10.9. The molecule has 1 amide bonds. The number of rotatable bonds is 4. The number of carbonyl (C=O) groups is 1. The zero-order chi connectivity index (χ0) is 14.7. The van der Waals surface area contributed by atoms with Gasteiger partial charge in [-0.15, -0.1) is 10.2 Å². The number of carbonyl (C=O) groups excluding carboxylic acids is 1. The van der Waals surface area contributed by atoms with Crippen LogP contribution >= 0.6 is 0 Å². The van der Waals surface area contributed by atoms with Gasteiger partial charge in [-0.3, -0.25) is 4.79 Å². The summed E-state index contributed by atoms with van der Waals surface area (Å²) >= 11 is 0. The molecule has 1 aliphatic heterocycles. The number of ether oxygens (including phenoxy) is 1. The monoisotopic (exact) mass is 287 g/mol. The average Bonchev–Trinajstić information content (AvgIpc) is 3.17. The Hall–Kier alpha value is -2.21. The number of benzene rings is 1. The molecule has 1 N–H and O–H groups in total. The van der Waals surface area contributed by atoms with Crippen molar-refractivity contribution < 1.29 is 13.9 Å². The second kappa shape index (κ2) is 6.05. The van der Waals surface area contributed by atoms with E-state index in [4.69, 9.17) is 9.15 Å². The lowest BCUT2D eigenvalue weighted by molar-refractivity contribution is 0.0830.